The number of aromatic nitrogens is 3. The fraction of sp³-hybridized carbons (Fsp3) is 0.500. The number of aryl methyl sites for hydroxylation is 1. The van der Waals surface area contributed by atoms with Crippen molar-refractivity contribution < 1.29 is 18.0 Å². The summed E-state index contributed by atoms with van der Waals surface area (Å²) in [5.74, 6) is 1.74. The van der Waals surface area contributed by atoms with Crippen molar-refractivity contribution in [3.05, 3.63) is 35.7 Å². The Kier molecular flexibility index (Phi) is 4.00. The van der Waals surface area contributed by atoms with E-state index in [1.165, 1.54) is 17.2 Å². The maximum atomic E-state index is 12.7. The van der Waals surface area contributed by atoms with Crippen molar-refractivity contribution in [3.63, 3.8) is 0 Å². The highest BCUT2D eigenvalue weighted by Gasteiger charge is 2.43. The van der Waals surface area contributed by atoms with Gasteiger partial charge in [0.25, 0.3) is 0 Å². The third kappa shape index (κ3) is 3.08. The predicted octanol–water partition coefficient (Wildman–Crippen LogP) is 3.97. The standard InChI is InChI=1S/C18H19F3N4O/c1-10-6-16(23-17(26)14-8-11-2-3-12(14)7-11)25(24-10)15-5-4-13(9-22-15)18(19,20)21/h4-6,9,11-12,14H,2-3,7-8H2,1H3,(H,23,26)/t11-,12-,14-/m0/s1. The van der Waals surface area contributed by atoms with E-state index in [1.807, 2.05) is 0 Å². The van der Waals surface area contributed by atoms with E-state index in [2.05, 4.69) is 15.4 Å². The van der Waals surface area contributed by atoms with Crippen LogP contribution in [-0.2, 0) is 11.0 Å². The van der Waals surface area contributed by atoms with E-state index in [9.17, 15) is 18.0 Å². The van der Waals surface area contributed by atoms with Crippen LogP contribution in [-0.4, -0.2) is 20.7 Å². The van der Waals surface area contributed by atoms with Gasteiger partial charge in [-0.2, -0.15) is 23.0 Å². The van der Waals surface area contributed by atoms with Gasteiger partial charge in [0, 0.05) is 18.2 Å². The number of rotatable bonds is 3. The van der Waals surface area contributed by atoms with Gasteiger partial charge in [-0.1, -0.05) is 6.42 Å². The topological polar surface area (TPSA) is 59.8 Å². The summed E-state index contributed by atoms with van der Waals surface area (Å²) in [4.78, 5) is 16.5. The fourth-order valence-corrected chi connectivity index (χ4v) is 4.23. The number of pyridine rings is 1. The molecule has 2 heterocycles. The highest BCUT2D eigenvalue weighted by Crippen LogP contribution is 2.48. The molecule has 2 saturated carbocycles. The fourth-order valence-electron chi connectivity index (χ4n) is 4.23. The SMILES string of the molecule is Cc1cc(NC(=O)[C@H]2C[C@H]3CC[C@H]2C3)n(-c2ccc(C(F)(F)F)cn2)n1. The van der Waals surface area contributed by atoms with Crippen molar-refractivity contribution in [2.45, 2.75) is 38.8 Å². The minimum absolute atomic E-state index is 0.0120. The quantitative estimate of drug-likeness (QED) is 0.897. The third-order valence-electron chi connectivity index (χ3n) is 5.45. The lowest BCUT2D eigenvalue weighted by molar-refractivity contribution is -0.137. The minimum atomic E-state index is -4.44. The van der Waals surface area contributed by atoms with Crippen LogP contribution < -0.4 is 5.32 Å². The number of carbonyl (C=O) groups excluding carboxylic acids is 1. The van der Waals surface area contributed by atoms with Gasteiger partial charge in [0.15, 0.2) is 5.82 Å². The minimum Gasteiger partial charge on any atom is -0.310 e. The van der Waals surface area contributed by atoms with Crippen LogP contribution in [0.25, 0.3) is 5.82 Å². The first-order chi connectivity index (χ1) is 12.3. The molecule has 8 heteroatoms. The Morgan fingerprint density at radius 1 is 1.27 bits per heavy atom. The van der Waals surface area contributed by atoms with Crippen LogP contribution in [0, 0.1) is 24.7 Å². The summed E-state index contributed by atoms with van der Waals surface area (Å²) in [6, 6.07) is 3.91. The zero-order valence-electron chi connectivity index (χ0n) is 14.3. The Balaban J connectivity index is 1.56. The van der Waals surface area contributed by atoms with Crippen molar-refractivity contribution in [2.75, 3.05) is 5.32 Å². The molecule has 3 atom stereocenters. The van der Waals surface area contributed by atoms with Crippen molar-refractivity contribution in [2.24, 2.45) is 17.8 Å². The van der Waals surface area contributed by atoms with Crippen molar-refractivity contribution in [1.82, 2.24) is 14.8 Å². The number of fused-ring (bicyclic) bond motifs is 2. The first-order valence-electron chi connectivity index (χ1n) is 8.72. The van der Waals surface area contributed by atoms with Gasteiger partial charge in [-0.3, -0.25) is 4.79 Å². The first kappa shape index (κ1) is 17.1. The summed E-state index contributed by atoms with van der Waals surface area (Å²) < 4.78 is 39.5. The van der Waals surface area contributed by atoms with Crippen LogP contribution in [0.1, 0.15) is 36.9 Å². The van der Waals surface area contributed by atoms with Crippen LogP contribution in [0.2, 0.25) is 0 Å². The van der Waals surface area contributed by atoms with Gasteiger partial charge in [0.1, 0.15) is 5.82 Å². The number of hydrogen-bond acceptors (Lipinski definition) is 3. The molecule has 0 spiro atoms. The summed E-state index contributed by atoms with van der Waals surface area (Å²) in [7, 11) is 0. The summed E-state index contributed by atoms with van der Waals surface area (Å²) in [5, 5.41) is 7.16. The molecule has 0 unspecified atom stereocenters. The second-order valence-electron chi connectivity index (χ2n) is 7.26. The molecule has 0 radical (unpaired) electrons. The van der Waals surface area contributed by atoms with E-state index in [-0.39, 0.29) is 17.6 Å². The molecule has 26 heavy (non-hydrogen) atoms. The summed E-state index contributed by atoms with van der Waals surface area (Å²) >= 11 is 0. The summed E-state index contributed by atoms with van der Waals surface area (Å²) in [5.41, 5.74) is -0.173. The molecule has 0 aromatic carbocycles. The first-order valence-corrected chi connectivity index (χ1v) is 8.72. The number of hydrogen-bond donors (Lipinski definition) is 1. The van der Waals surface area contributed by atoms with Crippen LogP contribution in [0.4, 0.5) is 19.0 Å². The van der Waals surface area contributed by atoms with Crippen molar-refractivity contribution in [1.29, 1.82) is 0 Å². The van der Waals surface area contributed by atoms with E-state index >= 15 is 0 Å². The van der Waals surface area contributed by atoms with Gasteiger partial charge >= 0.3 is 6.18 Å². The molecule has 138 valence electrons. The smallest absolute Gasteiger partial charge is 0.310 e. The van der Waals surface area contributed by atoms with E-state index in [4.69, 9.17) is 0 Å². The van der Waals surface area contributed by atoms with E-state index in [1.54, 1.807) is 13.0 Å². The molecular formula is C18H19F3N4O. The van der Waals surface area contributed by atoms with Crippen LogP contribution in [0.15, 0.2) is 24.4 Å². The average Bonchev–Trinajstić information content (AvgIpc) is 3.29. The van der Waals surface area contributed by atoms with E-state index in [0.717, 1.165) is 31.5 Å². The lowest BCUT2D eigenvalue weighted by atomic mass is 9.88. The maximum absolute atomic E-state index is 12.7. The van der Waals surface area contributed by atoms with Crippen LogP contribution in [0.3, 0.4) is 0 Å². The van der Waals surface area contributed by atoms with Gasteiger partial charge in [-0.05, 0) is 50.2 Å². The number of amides is 1. The predicted molar refractivity (Wildman–Crippen MR) is 88.7 cm³/mol. The second kappa shape index (κ2) is 6.10. The molecule has 2 aliphatic carbocycles. The molecule has 0 saturated heterocycles. The number of alkyl halides is 3. The number of anilines is 1. The molecule has 4 rings (SSSR count). The van der Waals surface area contributed by atoms with Gasteiger partial charge in [-0.15, -0.1) is 0 Å². The Bertz CT molecular complexity index is 828. The molecule has 1 N–H and O–H groups in total. The van der Waals surface area contributed by atoms with Gasteiger partial charge in [0.2, 0.25) is 5.91 Å². The number of nitrogens with zero attached hydrogens (tertiary/aromatic N) is 3. The Morgan fingerprint density at radius 2 is 2.08 bits per heavy atom. The molecular weight excluding hydrogens is 345 g/mol. The molecule has 2 aromatic rings. The number of nitrogens with one attached hydrogen (secondary N) is 1. The zero-order chi connectivity index (χ0) is 18.5. The molecule has 2 bridgehead atoms. The highest BCUT2D eigenvalue weighted by atomic mass is 19.4. The second-order valence-corrected chi connectivity index (χ2v) is 7.26. The van der Waals surface area contributed by atoms with Gasteiger partial charge < -0.3 is 5.32 Å². The molecule has 2 aliphatic rings. The highest BCUT2D eigenvalue weighted by molar-refractivity contribution is 5.92. The molecule has 2 aromatic heterocycles. The van der Waals surface area contributed by atoms with Crippen LogP contribution in [0.5, 0.6) is 0 Å². The Labute approximate surface area is 148 Å². The molecule has 0 aliphatic heterocycles. The van der Waals surface area contributed by atoms with Crippen molar-refractivity contribution in [3.8, 4) is 5.82 Å². The van der Waals surface area contributed by atoms with Gasteiger partial charge in [0.05, 0.1) is 11.3 Å². The van der Waals surface area contributed by atoms with E-state index in [0.29, 0.717) is 23.3 Å². The molecule has 5 nitrogen and oxygen atoms in total. The average molecular weight is 364 g/mol. The maximum Gasteiger partial charge on any atom is 0.417 e. The molecule has 2 fully saturated rings. The van der Waals surface area contributed by atoms with E-state index < -0.39 is 11.7 Å². The molecule has 1 amide bonds. The number of carbonyl (C=O) groups is 1. The Morgan fingerprint density at radius 3 is 2.65 bits per heavy atom. The summed E-state index contributed by atoms with van der Waals surface area (Å²) in [6.45, 7) is 1.76. The monoisotopic (exact) mass is 364 g/mol. The lowest BCUT2D eigenvalue weighted by Crippen LogP contribution is -2.28. The number of halogens is 3. The summed E-state index contributed by atoms with van der Waals surface area (Å²) in [6.07, 6.45) is 0.680. The normalized spacial score (nSPS) is 24.8. The van der Waals surface area contributed by atoms with Crippen LogP contribution >= 0.6 is 0 Å². The third-order valence-corrected chi connectivity index (χ3v) is 5.45. The van der Waals surface area contributed by atoms with Crippen molar-refractivity contribution >= 4 is 11.7 Å². The Hall–Kier alpha value is -2.38. The zero-order valence-corrected chi connectivity index (χ0v) is 14.3. The lowest BCUT2D eigenvalue weighted by Gasteiger charge is -2.20. The largest absolute Gasteiger partial charge is 0.417 e. The van der Waals surface area contributed by atoms with Gasteiger partial charge in [-0.25, -0.2) is 4.98 Å².